The van der Waals surface area contributed by atoms with Crippen molar-refractivity contribution in [2.45, 2.75) is 46.1 Å². The Labute approximate surface area is 127 Å². The lowest BCUT2D eigenvalue weighted by Crippen LogP contribution is -2.26. The summed E-state index contributed by atoms with van der Waals surface area (Å²) in [6.45, 7) is 5.22. The fraction of sp³-hybridized carbons (Fsp3) is 0.588. The lowest BCUT2D eigenvalue weighted by atomic mass is 9.82. The van der Waals surface area contributed by atoms with Gasteiger partial charge in [0.15, 0.2) is 0 Å². The van der Waals surface area contributed by atoms with Crippen LogP contribution in [0.4, 0.5) is 5.69 Å². The summed E-state index contributed by atoms with van der Waals surface area (Å²) in [6, 6.07) is 5.67. The van der Waals surface area contributed by atoms with Crippen LogP contribution in [0.1, 0.15) is 45.1 Å². The summed E-state index contributed by atoms with van der Waals surface area (Å²) < 4.78 is 5.52. The molecule has 0 saturated heterocycles. The summed E-state index contributed by atoms with van der Waals surface area (Å²) in [5.41, 5.74) is 7.48. The zero-order valence-electron chi connectivity index (χ0n) is 13.0. The number of amides is 1. The van der Waals surface area contributed by atoms with Crippen LogP contribution in [0, 0.1) is 11.8 Å². The Morgan fingerprint density at radius 3 is 2.67 bits per heavy atom. The van der Waals surface area contributed by atoms with Crippen molar-refractivity contribution in [1.29, 1.82) is 0 Å². The molecule has 0 aromatic heterocycles. The number of hydrogen-bond donors (Lipinski definition) is 2. The second kappa shape index (κ2) is 7.46. The standard InChI is InChI=1S/C17H26N2O2/c1-3-21-16-9-8-15(10-14(16)11-18)19-17(20)13-6-4-12(2)5-7-13/h8-10,12-13H,3-7,11,18H2,1-2H3,(H,19,20). The molecule has 1 aromatic rings. The van der Waals surface area contributed by atoms with Crippen molar-refractivity contribution < 1.29 is 9.53 Å². The maximum absolute atomic E-state index is 12.3. The Morgan fingerprint density at radius 1 is 1.33 bits per heavy atom. The van der Waals surface area contributed by atoms with E-state index in [4.69, 9.17) is 10.5 Å². The summed E-state index contributed by atoms with van der Waals surface area (Å²) in [6.07, 6.45) is 4.28. The van der Waals surface area contributed by atoms with Gasteiger partial charge in [-0.3, -0.25) is 4.79 Å². The van der Waals surface area contributed by atoms with E-state index in [1.54, 1.807) is 0 Å². The van der Waals surface area contributed by atoms with Crippen molar-refractivity contribution in [1.82, 2.24) is 0 Å². The first-order chi connectivity index (χ1) is 10.1. The van der Waals surface area contributed by atoms with Crippen molar-refractivity contribution in [2.24, 2.45) is 17.6 Å². The highest BCUT2D eigenvalue weighted by molar-refractivity contribution is 5.92. The van der Waals surface area contributed by atoms with Crippen molar-refractivity contribution in [3.8, 4) is 5.75 Å². The minimum absolute atomic E-state index is 0.133. The molecule has 0 spiro atoms. The lowest BCUT2D eigenvalue weighted by molar-refractivity contribution is -0.121. The Balaban J connectivity index is 2.00. The van der Waals surface area contributed by atoms with Gasteiger partial charge in [-0.05, 0) is 56.7 Å². The van der Waals surface area contributed by atoms with E-state index < -0.39 is 0 Å². The van der Waals surface area contributed by atoms with Crippen LogP contribution >= 0.6 is 0 Å². The van der Waals surface area contributed by atoms with Crippen LogP contribution in [0.25, 0.3) is 0 Å². The highest BCUT2D eigenvalue weighted by Gasteiger charge is 2.24. The smallest absolute Gasteiger partial charge is 0.227 e. The van der Waals surface area contributed by atoms with Crippen LogP contribution < -0.4 is 15.8 Å². The van der Waals surface area contributed by atoms with Gasteiger partial charge in [-0.25, -0.2) is 0 Å². The van der Waals surface area contributed by atoms with Crippen LogP contribution in [0.5, 0.6) is 5.75 Å². The topological polar surface area (TPSA) is 64.3 Å². The maximum Gasteiger partial charge on any atom is 0.227 e. The Hall–Kier alpha value is -1.55. The van der Waals surface area contributed by atoms with Crippen molar-refractivity contribution >= 4 is 11.6 Å². The molecule has 0 radical (unpaired) electrons. The summed E-state index contributed by atoms with van der Waals surface area (Å²) in [5, 5.41) is 3.02. The van der Waals surface area contributed by atoms with E-state index in [2.05, 4.69) is 12.2 Å². The third kappa shape index (κ3) is 4.21. The molecule has 0 bridgehead atoms. The molecule has 116 valence electrons. The Kier molecular flexibility index (Phi) is 5.62. The van der Waals surface area contributed by atoms with Crippen molar-refractivity contribution in [3.05, 3.63) is 23.8 Å². The molecular formula is C17H26N2O2. The number of nitrogens with two attached hydrogens (primary N) is 1. The predicted molar refractivity (Wildman–Crippen MR) is 85.3 cm³/mol. The molecule has 1 amide bonds. The quantitative estimate of drug-likeness (QED) is 0.874. The fourth-order valence-corrected chi connectivity index (χ4v) is 2.88. The summed E-state index contributed by atoms with van der Waals surface area (Å²) in [4.78, 5) is 12.3. The number of carbonyl (C=O) groups is 1. The number of carbonyl (C=O) groups excluding carboxylic acids is 1. The van der Waals surface area contributed by atoms with Crippen molar-refractivity contribution in [2.75, 3.05) is 11.9 Å². The lowest BCUT2D eigenvalue weighted by Gasteiger charge is -2.25. The molecule has 1 aromatic carbocycles. The van der Waals surface area contributed by atoms with Gasteiger partial charge in [0.25, 0.3) is 0 Å². The molecular weight excluding hydrogens is 264 g/mol. The molecule has 0 atom stereocenters. The summed E-state index contributed by atoms with van der Waals surface area (Å²) in [5.74, 6) is 1.83. The van der Waals surface area contributed by atoms with Crippen LogP contribution in [-0.4, -0.2) is 12.5 Å². The highest BCUT2D eigenvalue weighted by atomic mass is 16.5. The highest BCUT2D eigenvalue weighted by Crippen LogP contribution is 2.29. The molecule has 0 aliphatic heterocycles. The van der Waals surface area contributed by atoms with Crippen LogP contribution in [-0.2, 0) is 11.3 Å². The van der Waals surface area contributed by atoms with Gasteiger partial charge in [-0.2, -0.15) is 0 Å². The zero-order chi connectivity index (χ0) is 15.2. The summed E-state index contributed by atoms with van der Waals surface area (Å²) >= 11 is 0. The number of hydrogen-bond acceptors (Lipinski definition) is 3. The van der Waals surface area contributed by atoms with Gasteiger partial charge in [0.05, 0.1) is 6.61 Å². The minimum Gasteiger partial charge on any atom is -0.494 e. The van der Waals surface area contributed by atoms with Crippen molar-refractivity contribution in [3.63, 3.8) is 0 Å². The molecule has 1 saturated carbocycles. The molecule has 3 N–H and O–H groups in total. The summed E-state index contributed by atoms with van der Waals surface area (Å²) in [7, 11) is 0. The van der Waals surface area contributed by atoms with Gasteiger partial charge >= 0.3 is 0 Å². The SMILES string of the molecule is CCOc1ccc(NC(=O)C2CCC(C)CC2)cc1CN. The van der Waals surface area contributed by atoms with E-state index in [-0.39, 0.29) is 11.8 Å². The van der Waals surface area contributed by atoms with Crippen LogP contribution in [0.2, 0.25) is 0 Å². The molecule has 0 unspecified atom stereocenters. The largest absolute Gasteiger partial charge is 0.494 e. The maximum atomic E-state index is 12.3. The first kappa shape index (κ1) is 15.8. The Morgan fingerprint density at radius 2 is 2.05 bits per heavy atom. The second-order valence-corrected chi connectivity index (χ2v) is 5.91. The van der Waals surface area contributed by atoms with E-state index >= 15 is 0 Å². The number of anilines is 1. The molecule has 1 aliphatic carbocycles. The normalized spacial score (nSPS) is 21.9. The van der Waals surface area contributed by atoms with E-state index in [9.17, 15) is 4.79 Å². The molecule has 4 heteroatoms. The average Bonchev–Trinajstić information content (AvgIpc) is 2.49. The van der Waals surface area contributed by atoms with Gasteiger partial charge in [-0.1, -0.05) is 6.92 Å². The van der Waals surface area contributed by atoms with E-state index in [1.165, 1.54) is 0 Å². The number of benzene rings is 1. The zero-order valence-corrected chi connectivity index (χ0v) is 13.0. The third-order valence-corrected chi connectivity index (χ3v) is 4.23. The Bertz CT molecular complexity index is 480. The molecule has 1 aliphatic rings. The minimum atomic E-state index is 0.133. The fourth-order valence-electron chi connectivity index (χ4n) is 2.88. The van der Waals surface area contributed by atoms with Gasteiger partial charge in [0.1, 0.15) is 5.75 Å². The molecule has 21 heavy (non-hydrogen) atoms. The van der Waals surface area contributed by atoms with Gasteiger partial charge in [0, 0.05) is 23.7 Å². The van der Waals surface area contributed by atoms with E-state index in [0.717, 1.165) is 48.6 Å². The average molecular weight is 290 g/mol. The van der Waals surface area contributed by atoms with Crippen LogP contribution in [0.15, 0.2) is 18.2 Å². The van der Waals surface area contributed by atoms with Gasteiger partial charge in [-0.15, -0.1) is 0 Å². The first-order valence-electron chi connectivity index (χ1n) is 7.90. The first-order valence-corrected chi connectivity index (χ1v) is 7.90. The number of rotatable bonds is 5. The third-order valence-electron chi connectivity index (χ3n) is 4.23. The van der Waals surface area contributed by atoms with E-state index in [1.807, 2.05) is 25.1 Å². The second-order valence-electron chi connectivity index (χ2n) is 5.91. The molecule has 4 nitrogen and oxygen atoms in total. The van der Waals surface area contributed by atoms with Gasteiger partial charge in [0.2, 0.25) is 5.91 Å². The predicted octanol–water partition coefficient (Wildman–Crippen LogP) is 3.31. The van der Waals surface area contributed by atoms with E-state index in [0.29, 0.717) is 13.2 Å². The number of ether oxygens (including phenoxy) is 1. The molecule has 2 rings (SSSR count). The number of nitrogens with one attached hydrogen (secondary N) is 1. The molecule has 0 heterocycles. The molecule has 1 fully saturated rings. The van der Waals surface area contributed by atoms with Gasteiger partial charge < -0.3 is 15.8 Å². The monoisotopic (exact) mass is 290 g/mol. The van der Waals surface area contributed by atoms with Crippen LogP contribution in [0.3, 0.4) is 0 Å².